The predicted molar refractivity (Wildman–Crippen MR) is 106 cm³/mol. The molecule has 0 amide bonds. The van der Waals surface area contributed by atoms with Crippen LogP contribution in [0.1, 0.15) is 39.8 Å². The summed E-state index contributed by atoms with van der Waals surface area (Å²) in [5.74, 6) is -0.753. The van der Waals surface area contributed by atoms with Crippen LogP contribution in [0.5, 0.6) is 11.5 Å². The van der Waals surface area contributed by atoms with Gasteiger partial charge >= 0.3 is 5.97 Å². The number of Topliss-reactive ketones (excluding diaryl/α,β-unsaturated/α-hetero) is 1. The molecule has 0 atom stereocenters. The number of ketones is 1. The number of carbonyl (C=O) groups excluding carboxylic acids is 1. The topological polar surface area (TPSA) is 110 Å². The zero-order chi connectivity index (χ0) is 20.8. The average molecular weight is 393 g/mol. The minimum atomic E-state index is -1.15. The maximum absolute atomic E-state index is 12.0. The Hall–Kier alpha value is -3.87. The van der Waals surface area contributed by atoms with Crippen molar-refractivity contribution in [1.29, 1.82) is 0 Å². The zero-order valence-corrected chi connectivity index (χ0v) is 15.7. The third-order valence-corrected chi connectivity index (χ3v) is 4.15. The SMILES string of the molecule is CCC(=O)c1c(O)cccc1OC/C=C/c1cccc(-c2cc(C(=O)O)no2)c1. The second-order valence-corrected chi connectivity index (χ2v) is 6.15. The largest absolute Gasteiger partial charge is 0.507 e. The van der Waals surface area contributed by atoms with Gasteiger partial charge in [0.25, 0.3) is 0 Å². The summed E-state index contributed by atoms with van der Waals surface area (Å²) in [6.07, 6.45) is 3.86. The van der Waals surface area contributed by atoms with Crippen LogP contribution < -0.4 is 4.74 Å². The van der Waals surface area contributed by atoms with E-state index in [1.54, 1.807) is 31.2 Å². The molecule has 0 fully saturated rings. The number of phenolic OH excluding ortho intramolecular Hbond substituents is 1. The second kappa shape index (κ2) is 8.88. The van der Waals surface area contributed by atoms with Gasteiger partial charge in [-0.05, 0) is 29.8 Å². The van der Waals surface area contributed by atoms with E-state index in [1.165, 1.54) is 12.1 Å². The van der Waals surface area contributed by atoms with E-state index in [-0.39, 0.29) is 35.8 Å². The summed E-state index contributed by atoms with van der Waals surface area (Å²) in [6.45, 7) is 1.92. The summed E-state index contributed by atoms with van der Waals surface area (Å²) in [6, 6.07) is 13.4. The summed E-state index contributed by atoms with van der Waals surface area (Å²) >= 11 is 0. The Morgan fingerprint density at radius 2 is 1.97 bits per heavy atom. The standard InChI is InChI=1S/C22H19NO6/c1-2-17(24)21-18(25)9-4-10-19(21)28-11-5-7-14-6-3-8-15(12-14)20-13-16(22(26)27)23-29-20/h3-10,12-13,25H,2,11H2,1H3,(H,26,27)/b7-5+. The normalized spacial score (nSPS) is 10.9. The van der Waals surface area contributed by atoms with Gasteiger partial charge in [-0.1, -0.05) is 42.4 Å². The number of phenols is 1. The number of aromatic nitrogens is 1. The number of aromatic hydroxyl groups is 1. The Balaban J connectivity index is 1.70. The fourth-order valence-electron chi connectivity index (χ4n) is 2.73. The number of carboxylic acids is 1. The molecule has 2 aromatic carbocycles. The van der Waals surface area contributed by atoms with Crippen LogP contribution in [0.4, 0.5) is 0 Å². The first kappa shape index (κ1) is 19.9. The fourth-order valence-corrected chi connectivity index (χ4v) is 2.73. The fraction of sp³-hybridized carbons (Fsp3) is 0.136. The third-order valence-electron chi connectivity index (χ3n) is 4.15. The first-order chi connectivity index (χ1) is 14.0. The van der Waals surface area contributed by atoms with Gasteiger partial charge in [-0.15, -0.1) is 0 Å². The number of hydrogen-bond donors (Lipinski definition) is 2. The van der Waals surface area contributed by atoms with Crippen LogP contribution in [0.15, 0.2) is 59.1 Å². The molecule has 1 heterocycles. The lowest BCUT2D eigenvalue weighted by Crippen LogP contribution is -2.03. The molecule has 0 radical (unpaired) electrons. The molecule has 3 rings (SSSR count). The van der Waals surface area contributed by atoms with Crippen LogP contribution in [0.25, 0.3) is 17.4 Å². The quantitative estimate of drug-likeness (QED) is 0.545. The number of rotatable bonds is 8. The number of ether oxygens (including phenoxy) is 1. The van der Waals surface area contributed by atoms with E-state index in [9.17, 15) is 14.7 Å². The number of benzene rings is 2. The van der Waals surface area contributed by atoms with Crippen LogP contribution in [-0.2, 0) is 0 Å². The van der Waals surface area contributed by atoms with Crippen molar-refractivity contribution in [3.8, 4) is 22.8 Å². The Kier molecular flexibility index (Phi) is 6.09. The van der Waals surface area contributed by atoms with Crippen molar-refractivity contribution in [3.63, 3.8) is 0 Å². The molecule has 29 heavy (non-hydrogen) atoms. The minimum absolute atomic E-state index is 0.0983. The molecule has 0 aliphatic carbocycles. The lowest BCUT2D eigenvalue weighted by atomic mass is 10.1. The molecule has 3 aromatic rings. The van der Waals surface area contributed by atoms with Crippen molar-refractivity contribution in [3.05, 3.63) is 71.4 Å². The Morgan fingerprint density at radius 1 is 1.17 bits per heavy atom. The zero-order valence-electron chi connectivity index (χ0n) is 15.7. The molecule has 1 aromatic heterocycles. The predicted octanol–water partition coefficient (Wildman–Crippen LogP) is 4.43. The summed E-state index contributed by atoms with van der Waals surface area (Å²) in [5.41, 5.74) is 1.57. The Morgan fingerprint density at radius 3 is 2.69 bits per heavy atom. The molecule has 0 aliphatic rings. The molecular weight excluding hydrogens is 374 g/mol. The molecule has 0 spiro atoms. The molecule has 7 nitrogen and oxygen atoms in total. The van der Waals surface area contributed by atoms with E-state index in [4.69, 9.17) is 14.4 Å². The Labute approximate surface area is 166 Å². The molecule has 0 bridgehead atoms. The minimum Gasteiger partial charge on any atom is -0.507 e. The van der Waals surface area contributed by atoms with Gasteiger partial charge in [-0.25, -0.2) is 4.79 Å². The number of nitrogens with zero attached hydrogens (tertiary/aromatic N) is 1. The first-order valence-electron chi connectivity index (χ1n) is 8.94. The lowest BCUT2D eigenvalue weighted by molar-refractivity contribution is 0.0685. The summed E-state index contributed by atoms with van der Waals surface area (Å²) in [7, 11) is 0. The van der Waals surface area contributed by atoms with Gasteiger partial charge in [0.05, 0.1) is 0 Å². The van der Waals surface area contributed by atoms with Crippen molar-refractivity contribution in [2.75, 3.05) is 6.61 Å². The highest BCUT2D eigenvalue weighted by Gasteiger charge is 2.15. The van der Waals surface area contributed by atoms with Crippen LogP contribution >= 0.6 is 0 Å². The molecule has 148 valence electrons. The number of hydrogen-bond acceptors (Lipinski definition) is 6. The van der Waals surface area contributed by atoms with Crippen molar-refractivity contribution >= 4 is 17.8 Å². The third kappa shape index (κ3) is 4.70. The van der Waals surface area contributed by atoms with Crippen molar-refractivity contribution in [2.24, 2.45) is 0 Å². The molecular formula is C22H19NO6. The van der Waals surface area contributed by atoms with Crippen molar-refractivity contribution in [1.82, 2.24) is 5.16 Å². The van der Waals surface area contributed by atoms with E-state index in [2.05, 4.69) is 5.16 Å². The van der Waals surface area contributed by atoms with E-state index in [0.717, 1.165) is 5.56 Å². The van der Waals surface area contributed by atoms with Gasteiger partial charge in [-0.2, -0.15) is 0 Å². The smallest absolute Gasteiger partial charge is 0.358 e. The monoisotopic (exact) mass is 393 g/mol. The van der Waals surface area contributed by atoms with Crippen LogP contribution in [0.3, 0.4) is 0 Å². The Bertz CT molecular complexity index is 1070. The van der Waals surface area contributed by atoms with E-state index >= 15 is 0 Å². The van der Waals surface area contributed by atoms with Gasteiger partial charge in [-0.3, -0.25) is 4.79 Å². The average Bonchev–Trinajstić information content (AvgIpc) is 3.22. The molecule has 0 saturated heterocycles. The highest BCUT2D eigenvalue weighted by Crippen LogP contribution is 2.29. The van der Waals surface area contributed by atoms with Gasteiger partial charge in [0, 0.05) is 18.1 Å². The summed E-state index contributed by atoms with van der Waals surface area (Å²) in [5, 5.41) is 22.4. The molecule has 0 aliphatic heterocycles. The van der Waals surface area contributed by atoms with Crippen LogP contribution in [-0.4, -0.2) is 33.7 Å². The highest BCUT2D eigenvalue weighted by molar-refractivity contribution is 6.01. The number of carboxylic acid groups (broad SMARTS) is 1. The lowest BCUT2D eigenvalue weighted by Gasteiger charge is -2.10. The summed E-state index contributed by atoms with van der Waals surface area (Å²) in [4.78, 5) is 22.9. The van der Waals surface area contributed by atoms with E-state index in [1.807, 2.05) is 24.3 Å². The van der Waals surface area contributed by atoms with E-state index in [0.29, 0.717) is 17.1 Å². The maximum atomic E-state index is 12.0. The molecule has 0 saturated carbocycles. The van der Waals surface area contributed by atoms with Gasteiger partial charge < -0.3 is 19.5 Å². The second-order valence-electron chi connectivity index (χ2n) is 6.15. The number of carbonyl (C=O) groups is 2. The number of aromatic carboxylic acids is 1. The van der Waals surface area contributed by atoms with Gasteiger partial charge in [0.2, 0.25) is 0 Å². The molecule has 0 unspecified atom stereocenters. The van der Waals surface area contributed by atoms with Gasteiger partial charge in [0.1, 0.15) is 23.7 Å². The van der Waals surface area contributed by atoms with E-state index < -0.39 is 5.97 Å². The van der Waals surface area contributed by atoms with Crippen molar-refractivity contribution in [2.45, 2.75) is 13.3 Å². The van der Waals surface area contributed by atoms with Crippen LogP contribution in [0, 0.1) is 0 Å². The summed E-state index contributed by atoms with van der Waals surface area (Å²) < 4.78 is 10.7. The first-order valence-corrected chi connectivity index (χ1v) is 8.94. The molecule has 7 heteroatoms. The van der Waals surface area contributed by atoms with Crippen LogP contribution in [0.2, 0.25) is 0 Å². The maximum Gasteiger partial charge on any atom is 0.358 e. The van der Waals surface area contributed by atoms with Gasteiger partial charge in [0.15, 0.2) is 17.2 Å². The highest BCUT2D eigenvalue weighted by atomic mass is 16.5. The van der Waals surface area contributed by atoms with Crippen molar-refractivity contribution < 1.29 is 29.1 Å². The molecule has 2 N–H and O–H groups in total.